The van der Waals surface area contributed by atoms with Crippen molar-refractivity contribution in [3.8, 4) is 0 Å². The maximum absolute atomic E-state index is 11.1. The van der Waals surface area contributed by atoms with Crippen LogP contribution in [0.4, 0.5) is 11.6 Å². The van der Waals surface area contributed by atoms with Crippen LogP contribution in [0.25, 0.3) is 0 Å². The lowest BCUT2D eigenvalue weighted by atomic mass is 10.3. The Bertz CT molecular complexity index is 428. The average molecular weight is 296 g/mol. The van der Waals surface area contributed by atoms with Crippen molar-refractivity contribution < 1.29 is 4.21 Å². The molecule has 1 aromatic heterocycles. The predicted molar refractivity (Wildman–Crippen MR) is 75.8 cm³/mol. The summed E-state index contributed by atoms with van der Waals surface area (Å²) in [6.07, 6.45) is 1.66. The van der Waals surface area contributed by atoms with E-state index in [1.807, 2.05) is 6.92 Å². The van der Waals surface area contributed by atoms with Crippen LogP contribution in [0.2, 0.25) is 10.0 Å². The number of nitrogens with zero attached hydrogens (tertiary/aromatic N) is 1. The Morgan fingerprint density at radius 1 is 1.41 bits per heavy atom. The van der Waals surface area contributed by atoms with Crippen molar-refractivity contribution in [1.82, 2.24) is 4.98 Å². The van der Waals surface area contributed by atoms with E-state index in [0.717, 1.165) is 0 Å². The zero-order valence-corrected chi connectivity index (χ0v) is 12.2. The molecule has 0 fully saturated rings. The van der Waals surface area contributed by atoms with Gasteiger partial charge in [0.1, 0.15) is 11.6 Å². The summed E-state index contributed by atoms with van der Waals surface area (Å²) in [6, 6.07) is 1.65. The van der Waals surface area contributed by atoms with Gasteiger partial charge in [0.25, 0.3) is 0 Å². The van der Waals surface area contributed by atoms with E-state index in [4.69, 9.17) is 23.2 Å². The summed E-state index contributed by atoms with van der Waals surface area (Å²) < 4.78 is 11.1. The zero-order valence-electron chi connectivity index (χ0n) is 9.88. The fourth-order valence-electron chi connectivity index (χ4n) is 1.37. The third-order valence-corrected chi connectivity index (χ3v) is 3.58. The molecular weight excluding hydrogens is 281 g/mol. The van der Waals surface area contributed by atoms with Gasteiger partial charge in [-0.05, 0) is 13.0 Å². The molecule has 2 atom stereocenters. The molecule has 0 saturated heterocycles. The topological polar surface area (TPSA) is 54.0 Å². The van der Waals surface area contributed by atoms with E-state index in [2.05, 4.69) is 15.6 Å². The number of aromatic nitrogens is 1. The molecule has 0 spiro atoms. The van der Waals surface area contributed by atoms with E-state index in [1.165, 1.54) is 0 Å². The minimum atomic E-state index is -0.863. The van der Waals surface area contributed by atoms with Gasteiger partial charge in [0.05, 0.1) is 10.0 Å². The third kappa shape index (κ3) is 4.33. The van der Waals surface area contributed by atoms with Gasteiger partial charge in [0, 0.05) is 35.9 Å². The van der Waals surface area contributed by atoms with E-state index in [1.54, 1.807) is 19.4 Å². The molecule has 0 amide bonds. The first-order chi connectivity index (χ1) is 7.93. The van der Waals surface area contributed by atoms with Crippen molar-refractivity contribution in [3.63, 3.8) is 0 Å². The molecule has 0 aromatic carbocycles. The SMILES string of the molecule is CNc1nc(NC(C)CS(C)=O)c(Cl)cc1Cl. The molecule has 0 saturated carbocycles. The van der Waals surface area contributed by atoms with Crippen molar-refractivity contribution in [3.05, 3.63) is 16.1 Å². The molecule has 17 heavy (non-hydrogen) atoms. The summed E-state index contributed by atoms with van der Waals surface area (Å²) in [5, 5.41) is 6.90. The lowest BCUT2D eigenvalue weighted by molar-refractivity contribution is 0.683. The second kappa shape index (κ2) is 6.42. The summed E-state index contributed by atoms with van der Waals surface area (Å²) in [5.41, 5.74) is 0. The van der Waals surface area contributed by atoms with Crippen LogP contribution in [-0.4, -0.2) is 34.3 Å². The Labute approximate surface area is 114 Å². The fraction of sp³-hybridized carbons (Fsp3) is 0.500. The van der Waals surface area contributed by atoms with Crippen LogP contribution in [0.1, 0.15) is 6.92 Å². The van der Waals surface area contributed by atoms with Crippen molar-refractivity contribution in [2.45, 2.75) is 13.0 Å². The number of rotatable bonds is 5. The van der Waals surface area contributed by atoms with Crippen LogP contribution in [0.3, 0.4) is 0 Å². The van der Waals surface area contributed by atoms with Crippen molar-refractivity contribution >= 4 is 45.6 Å². The lowest BCUT2D eigenvalue weighted by Gasteiger charge is -2.15. The van der Waals surface area contributed by atoms with Crippen LogP contribution < -0.4 is 10.6 Å². The van der Waals surface area contributed by atoms with Gasteiger partial charge in [-0.25, -0.2) is 4.98 Å². The minimum absolute atomic E-state index is 0.0247. The molecule has 2 N–H and O–H groups in total. The standard InChI is InChI=1S/C10H15Cl2N3OS/c1-6(5-17(3)16)14-10-8(12)4-7(11)9(13-2)15-10/h4,6H,5H2,1-3H3,(H2,13,14,15). The van der Waals surface area contributed by atoms with Crippen LogP contribution in [0, 0.1) is 0 Å². The maximum atomic E-state index is 11.1. The van der Waals surface area contributed by atoms with Gasteiger partial charge in [-0.2, -0.15) is 0 Å². The highest BCUT2D eigenvalue weighted by atomic mass is 35.5. The number of pyridine rings is 1. The second-order valence-corrected chi connectivity index (χ2v) is 5.98. The molecule has 2 unspecified atom stereocenters. The minimum Gasteiger partial charge on any atom is -0.372 e. The zero-order chi connectivity index (χ0) is 13.0. The predicted octanol–water partition coefficient (Wildman–Crippen LogP) is 2.61. The highest BCUT2D eigenvalue weighted by molar-refractivity contribution is 7.84. The Hall–Kier alpha value is -0.520. The quantitative estimate of drug-likeness (QED) is 0.877. The Balaban J connectivity index is 2.87. The summed E-state index contributed by atoms with van der Waals surface area (Å²) in [4.78, 5) is 4.25. The monoisotopic (exact) mass is 295 g/mol. The molecule has 4 nitrogen and oxygen atoms in total. The van der Waals surface area contributed by atoms with E-state index in [0.29, 0.717) is 27.4 Å². The molecule has 0 aliphatic heterocycles. The number of hydrogen-bond donors (Lipinski definition) is 2. The Kier molecular flexibility index (Phi) is 5.49. The highest BCUT2D eigenvalue weighted by Gasteiger charge is 2.11. The van der Waals surface area contributed by atoms with Crippen molar-refractivity contribution in [1.29, 1.82) is 0 Å². The van der Waals surface area contributed by atoms with E-state index < -0.39 is 10.8 Å². The number of hydrogen-bond acceptors (Lipinski definition) is 4. The van der Waals surface area contributed by atoms with Gasteiger partial charge >= 0.3 is 0 Å². The number of anilines is 2. The summed E-state index contributed by atoms with van der Waals surface area (Å²) >= 11 is 12.0. The first-order valence-corrected chi connectivity index (χ1v) is 7.52. The largest absolute Gasteiger partial charge is 0.372 e. The maximum Gasteiger partial charge on any atom is 0.147 e. The van der Waals surface area contributed by atoms with Gasteiger partial charge in [-0.15, -0.1) is 0 Å². The Morgan fingerprint density at radius 3 is 2.53 bits per heavy atom. The normalized spacial score (nSPS) is 14.2. The van der Waals surface area contributed by atoms with Crippen molar-refractivity contribution in [2.75, 3.05) is 29.7 Å². The van der Waals surface area contributed by atoms with E-state index in [-0.39, 0.29) is 6.04 Å². The third-order valence-electron chi connectivity index (χ3n) is 2.03. The van der Waals surface area contributed by atoms with E-state index >= 15 is 0 Å². The van der Waals surface area contributed by atoms with Crippen LogP contribution in [-0.2, 0) is 10.8 Å². The number of halogens is 2. The molecule has 0 aliphatic carbocycles. The van der Waals surface area contributed by atoms with Crippen LogP contribution in [0.15, 0.2) is 6.07 Å². The fourth-order valence-corrected chi connectivity index (χ4v) is 2.67. The van der Waals surface area contributed by atoms with Crippen LogP contribution in [0.5, 0.6) is 0 Å². The molecule has 96 valence electrons. The summed E-state index contributed by atoms with van der Waals surface area (Å²) in [5.74, 6) is 1.64. The van der Waals surface area contributed by atoms with Gasteiger partial charge in [-0.3, -0.25) is 4.21 Å². The van der Waals surface area contributed by atoms with Gasteiger partial charge < -0.3 is 10.6 Å². The highest BCUT2D eigenvalue weighted by Crippen LogP contribution is 2.29. The molecular formula is C10H15Cl2N3OS. The number of nitrogens with one attached hydrogen (secondary N) is 2. The molecule has 0 radical (unpaired) electrons. The first kappa shape index (κ1) is 14.5. The molecule has 7 heteroatoms. The van der Waals surface area contributed by atoms with Crippen LogP contribution >= 0.6 is 23.2 Å². The van der Waals surface area contributed by atoms with Crippen molar-refractivity contribution in [2.24, 2.45) is 0 Å². The molecule has 1 rings (SSSR count). The van der Waals surface area contributed by atoms with Gasteiger partial charge in [0.15, 0.2) is 0 Å². The molecule has 0 aliphatic rings. The van der Waals surface area contributed by atoms with Gasteiger partial charge in [-0.1, -0.05) is 23.2 Å². The first-order valence-electron chi connectivity index (χ1n) is 5.04. The summed E-state index contributed by atoms with van der Waals surface area (Å²) in [6.45, 7) is 1.92. The Morgan fingerprint density at radius 2 is 2.00 bits per heavy atom. The second-order valence-electron chi connectivity index (χ2n) is 3.68. The molecule has 1 aromatic rings. The lowest BCUT2D eigenvalue weighted by Crippen LogP contribution is -2.23. The summed E-state index contributed by atoms with van der Waals surface area (Å²) in [7, 11) is 0.870. The molecule has 1 heterocycles. The average Bonchev–Trinajstić information content (AvgIpc) is 2.20. The smallest absolute Gasteiger partial charge is 0.147 e. The van der Waals surface area contributed by atoms with Gasteiger partial charge in [0.2, 0.25) is 0 Å². The van der Waals surface area contributed by atoms with E-state index in [9.17, 15) is 4.21 Å². The molecule has 0 bridgehead atoms.